The molecule has 2 aromatic heterocycles. The molecule has 0 amide bonds. The van der Waals surface area contributed by atoms with Crippen molar-refractivity contribution in [2.24, 2.45) is 0 Å². The maximum absolute atomic E-state index is 12.9. The highest BCUT2D eigenvalue weighted by Gasteiger charge is 2.20. The SMILES string of the molecule is Cc1c(-c2ccccc2)oc2c(C(=O)OCc3nc4ccccc4o3)cccc2c1=O. The number of fused-ring (bicyclic) bond motifs is 2. The quantitative estimate of drug-likeness (QED) is 0.375. The normalized spacial score (nSPS) is 11.1. The molecule has 0 spiro atoms. The van der Waals surface area contributed by atoms with Crippen molar-refractivity contribution in [1.29, 1.82) is 0 Å². The predicted octanol–water partition coefficient (Wildman–Crippen LogP) is 5.27. The zero-order chi connectivity index (χ0) is 21.4. The van der Waals surface area contributed by atoms with Gasteiger partial charge in [0, 0.05) is 11.1 Å². The highest BCUT2D eigenvalue weighted by molar-refractivity contribution is 6.02. The Labute approximate surface area is 176 Å². The molecule has 0 aliphatic heterocycles. The number of rotatable bonds is 4. The Morgan fingerprint density at radius 2 is 1.71 bits per heavy atom. The van der Waals surface area contributed by atoms with E-state index in [9.17, 15) is 9.59 Å². The molecule has 152 valence electrons. The van der Waals surface area contributed by atoms with Crippen molar-refractivity contribution in [1.82, 2.24) is 4.98 Å². The van der Waals surface area contributed by atoms with Crippen molar-refractivity contribution in [2.45, 2.75) is 13.5 Å². The number of ether oxygens (including phenoxy) is 1. The van der Waals surface area contributed by atoms with Crippen LogP contribution in [0.3, 0.4) is 0 Å². The van der Waals surface area contributed by atoms with E-state index in [1.807, 2.05) is 48.5 Å². The molecule has 6 nitrogen and oxygen atoms in total. The van der Waals surface area contributed by atoms with Crippen LogP contribution in [0.5, 0.6) is 0 Å². The highest BCUT2D eigenvalue weighted by atomic mass is 16.5. The van der Waals surface area contributed by atoms with Gasteiger partial charge in [0.15, 0.2) is 23.2 Å². The van der Waals surface area contributed by atoms with Crippen molar-refractivity contribution < 1.29 is 18.4 Å². The molecule has 0 radical (unpaired) electrons. The fraction of sp³-hybridized carbons (Fsp3) is 0.0800. The molecule has 0 fully saturated rings. The van der Waals surface area contributed by atoms with Gasteiger partial charge in [0.05, 0.1) is 5.39 Å². The second kappa shape index (κ2) is 7.57. The maximum Gasteiger partial charge on any atom is 0.342 e. The van der Waals surface area contributed by atoms with Crippen LogP contribution in [-0.4, -0.2) is 11.0 Å². The van der Waals surface area contributed by atoms with E-state index in [-0.39, 0.29) is 29.1 Å². The summed E-state index contributed by atoms with van der Waals surface area (Å²) in [6.07, 6.45) is 0. The van der Waals surface area contributed by atoms with E-state index in [4.69, 9.17) is 13.6 Å². The van der Waals surface area contributed by atoms with Gasteiger partial charge in [0.25, 0.3) is 0 Å². The molecule has 0 N–H and O–H groups in total. The van der Waals surface area contributed by atoms with Crippen molar-refractivity contribution in [3.63, 3.8) is 0 Å². The number of benzene rings is 3. The molecule has 2 heterocycles. The van der Waals surface area contributed by atoms with E-state index < -0.39 is 5.97 Å². The van der Waals surface area contributed by atoms with Crippen LogP contribution in [0.15, 0.2) is 86.4 Å². The van der Waals surface area contributed by atoms with Gasteiger partial charge < -0.3 is 13.6 Å². The second-order valence-electron chi connectivity index (χ2n) is 7.09. The van der Waals surface area contributed by atoms with E-state index in [2.05, 4.69) is 4.98 Å². The van der Waals surface area contributed by atoms with E-state index in [1.165, 1.54) is 0 Å². The minimum atomic E-state index is -0.626. The maximum atomic E-state index is 12.9. The summed E-state index contributed by atoms with van der Waals surface area (Å²) in [6, 6.07) is 21.5. The fourth-order valence-electron chi connectivity index (χ4n) is 3.52. The molecular formula is C25H17NO5. The molecule has 5 rings (SSSR count). The molecule has 0 bridgehead atoms. The number of hydrogen-bond donors (Lipinski definition) is 0. The Morgan fingerprint density at radius 1 is 0.935 bits per heavy atom. The number of carbonyl (C=O) groups is 1. The lowest BCUT2D eigenvalue weighted by atomic mass is 10.0. The largest absolute Gasteiger partial charge is 0.455 e. The minimum Gasteiger partial charge on any atom is -0.455 e. The summed E-state index contributed by atoms with van der Waals surface area (Å²) in [7, 11) is 0. The molecule has 5 aromatic rings. The van der Waals surface area contributed by atoms with Crippen LogP contribution in [0, 0.1) is 6.92 Å². The molecule has 0 saturated carbocycles. The lowest BCUT2D eigenvalue weighted by Crippen LogP contribution is -2.11. The van der Waals surface area contributed by atoms with E-state index in [0.29, 0.717) is 27.8 Å². The van der Waals surface area contributed by atoms with Crippen molar-refractivity contribution >= 4 is 28.0 Å². The molecular weight excluding hydrogens is 394 g/mol. The van der Waals surface area contributed by atoms with Gasteiger partial charge in [-0.2, -0.15) is 0 Å². The summed E-state index contributed by atoms with van der Waals surface area (Å²) in [5.41, 5.74) is 2.72. The van der Waals surface area contributed by atoms with Crippen LogP contribution in [0.2, 0.25) is 0 Å². The third kappa shape index (κ3) is 3.38. The highest BCUT2D eigenvalue weighted by Crippen LogP contribution is 2.27. The van der Waals surface area contributed by atoms with Gasteiger partial charge in [-0.3, -0.25) is 4.79 Å². The molecule has 0 unspecified atom stereocenters. The minimum absolute atomic E-state index is 0.133. The van der Waals surface area contributed by atoms with Gasteiger partial charge in [-0.15, -0.1) is 0 Å². The van der Waals surface area contributed by atoms with Crippen LogP contribution in [-0.2, 0) is 11.3 Å². The smallest absolute Gasteiger partial charge is 0.342 e. The van der Waals surface area contributed by atoms with Crippen LogP contribution in [0.1, 0.15) is 21.8 Å². The summed E-state index contributed by atoms with van der Waals surface area (Å²) in [6.45, 7) is 1.58. The second-order valence-corrected chi connectivity index (χ2v) is 7.09. The van der Waals surface area contributed by atoms with Crippen LogP contribution in [0.4, 0.5) is 0 Å². The molecule has 3 aromatic carbocycles. The van der Waals surface area contributed by atoms with Crippen LogP contribution in [0.25, 0.3) is 33.4 Å². The summed E-state index contributed by atoms with van der Waals surface area (Å²) >= 11 is 0. The lowest BCUT2D eigenvalue weighted by Gasteiger charge is -2.10. The van der Waals surface area contributed by atoms with E-state index in [0.717, 1.165) is 5.56 Å². The number of carbonyl (C=O) groups excluding carboxylic acids is 1. The number of oxazole rings is 1. The van der Waals surface area contributed by atoms with Crippen molar-refractivity contribution in [3.05, 3.63) is 100 Å². The summed E-state index contributed by atoms with van der Waals surface area (Å²) in [4.78, 5) is 30.1. The number of esters is 1. The van der Waals surface area contributed by atoms with Gasteiger partial charge in [-0.25, -0.2) is 9.78 Å². The first-order valence-electron chi connectivity index (χ1n) is 9.75. The average Bonchev–Trinajstić information content (AvgIpc) is 3.23. The zero-order valence-corrected chi connectivity index (χ0v) is 16.6. The molecule has 31 heavy (non-hydrogen) atoms. The third-order valence-corrected chi connectivity index (χ3v) is 5.07. The molecule has 0 aliphatic carbocycles. The van der Waals surface area contributed by atoms with E-state index >= 15 is 0 Å². The van der Waals surface area contributed by atoms with Crippen LogP contribution < -0.4 is 5.43 Å². The van der Waals surface area contributed by atoms with Gasteiger partial charge in [0.2, 0.25) is 5.89 Å². The van der Waals surface area contributed by atoms with Gasteiger partial charge >= 0.3 is 5.97 Å². The first-order valence-corrected chi connectivity index (χ1v) is 9.75. The van der Waals surface area contributed by atoms with Gasteiger partial charge in [0.1, 0.15) is 16.8 Å². The number of para-hydroxylation sites is 3. The molecule has 0 saturated heterocycles. The Hall–Kier alpha value is -4.19. The average molecular weight is 411 g/mol. The van der Waals surface area contributed by atoms with Crippen LogP contribution >= 0.6 is 0 Å². The van der Waals surface area contributed by atoms with E-state index in [1.54, 1.807) is 31.2 Å². The topological polar surface area (TPSA) is 82.5 Å². The van der Waals surface area contributed by atoms with Gasteiger partial charge in [-0.05, 0) is 31.2 Å². The Balaban J connectivity index is 1.52. The Bertz CT molecular complexity index is 1450. The van der Waals surface area contributed by atoms with Crippen molar-refractivity contribution in [2.75, 3.05) is 0 Å². The standard InChI is InChI=1S/C25H17NO5/c1-15-22(27)17-10-7-11-18(24(17)31-23(15)16-8-3-2-4-9-16)25(28)29-14-21-26-19-12-5-6-13-20(19)30-21/h2-13H,14H2,1H3. The third-order valence-electron chi connectivity index (χ3n) is 5.07. The summed E-state index contributed by atoms with van der Waals surface area (Å²) < 4.78 is 17.1. The fourth-order valence-corrected chi connectivity index (χ4v) is 3.52. The van der Waals surface area contributed by atoms with Crippen molar-refractivity contribution in [3.8, 4) is 11.3 Å². The summed E-state index contributed by atoms with van der Waals surface area (Å²) in [5, 5.41) is 0.327. The lowest BCUT2D eigenvalue weighted by molar-refractivity contribution is 0.0441. The number of aromatic nitrogens is 1. The predicted molar refractivity (Wildman–Crippen MR) is 116 cm³/mol. The number of nitrogens with zero attached hydrogens (tertiary/aromatic N) is 1. The monoisotopic (exact) mass is 411 g/mol. The Morgan fingerprint density at radius 3 is 2.52 bits per heavy atom. The van der Waals surface area contributed by atoms with Gasteiger partial charge in [-0.1, -0.05) is 48.5 Å². The zero-order valence-electron chi connectivity index (χ0n) is 16.6. The summed E-state index contributed by atoms with van der Waals surface area (Å²) in [5.74, 6) is 0.0910. The molecule has 6 heteroatoms. The Kier molecular flexibility index (Phi) is 4.59. The first-order chi connectivity index (χ1) is 15.1. The molecule has 0 atom stereocenters. The first kappa shape index (κ1) is 18.8. The number of hydrogen-bond acceptors (Lipinski definition) is 6. The molecule has 0 aliphatic rings.